The van der Waals surface area contributed by atoms with Crippen molar-refractivity contribution in [3.8, 4) is 5.75 Å². The number of hydrogen-bond acceptors (Lipinski definition) is 4. The highest BCUT2D eigenvalue weighted by Crippen LogP contribution is 2.32. The fourth-order valence-corrected chi connectivity index (χ4v) is 4.14. The second-order valence-corrected chi connectivity index (χ2v) is 8.64. The summed E-state index contributed by atoms with van der Waals surface area (Å²) in [5.41, 5.74) is 9.56. The summed E-state index contributed by atoms with van der Waals surface area (Å²) < 4.78 is 11.8. The minimum absolute atomic E-state index is 0.136. The lowest BCUT2D eigenvalue weighted by atomic mass is 9.95. The van der Waals surface area contributed by atoms with Crippen molar-refractivity contribution in [2.45, 2.75) is 46.3 Å². The van der Waals surface area contributed by atoms with Crippen LogP contribution in [0, 0.1) is 13.8 Å². The van der Waals surface area contributed by atoms with Crippen molar-refractivity contribution < 1.29 is 9.47 Å². The van der Waals surface area contributed by atoms with Crippen LogP contribution in [-0.2, 0) is 4.74 Å². The van der Waals surface area contributed by atoms with Gasteiger partial charge in [0.1, 0.15) is 5.75 Å². The zero-order chi connectivity index (χ0) is 22.7. The lowest BCUT2D eigenvalue weighted by Crippen LogP contribution is -2.25. The smallest absolute Gasteiger partial charge is 0.199 e. The molecule has 0 bridgehead atoms. The molecule has 32 heavy (non-hydrogen) atoms. The number of hydrogen-bond donors (Lipinski definition) is 2. The van der Waals surface area contributed by atoms with Crippen LogP contribution >= 0.6 is 0 Å². The number of aryl methyl sites for hydroxylation is 2. The Bertz CT molecular complexity index is 1100. The molecule has 0 spiro atoms. The molecule has 4 rings (SSSR count). The van der Waals surface area contributed by atoms with Crippen LogP contribution in [0.15, 0.2) is 73.1 Å². The van der Waals surface area contributed by atoms with Gasteiger partial charge in [-0.15, -0.1) is 0 Å². The van der Waals surface area contributed by atoms with E-state index < -0.39 is 0 Å². The maximum absolute atomic E-state index is 6.10. The van der Waals surface area contributed by atoms with E-state index in [0.717, 1.165) is 76.7 Å². The zero-order valence-corrected chi connectivity index (χ0v) is 19.3. The Labute approximate surface area is 191 Å². The quantitative estimate of drug-likeness (QED) is 0.537. The fraction of sp³-hybridized carbons (Fsp3) is 0.286. The predicted molar refractivity (Wildman–Crippen MR) is 133 cm³/mol. The van der Waals surface area contributed by atoms with Gasteiger partial charge in [0.25, 0.3) is 0 Å². The third-order valence-electron chi connectivity index (χ3n) is 5.70. The number of allylic oxidation sites excluding steroid dienone is 4. The van der Waals surface area contributed by atoms with Crippen LogP contribution in [0.4, 0.5) is 5.69 Å². The van der Waals surface area contributed by atoms with Crippen molar-refractivity contribution in [1.82, 2.24) is 5.32 Å². The lowest BCUT2D eigenvalue weighted by Gasteiger charge is -2.25. The molecule has 0 amide bonds. The van der Waals surface area contributed by atoms with Crippen molar-refractivity contribution in [1.29, 1.82) is 0 Å². The summed E-state index contributed by atoms with van der Waals surface area (Å²) >= 11 is 0. The van der Waals surface area contributed by atoms with Gasteiger partial charge in [-0.2, -0.15) is 0 Å². The van der Waals surface area contributed by atoms with Crippen molar-refractivity contribution in [3.05, 3.63) is 95.4 Å². The van der Waals surface area contributed by atoms with E-state index in [4.69, 9.17) is 9.47 Å². The molecule has 2 aliphatic rings. The van der Waals surface area contributed by atoms with E-state index in [1.807, 2.05) is 13.0 Å². The van der Waals surface area contributed by atoms with E-state index >= 15 is 0 Å². The molecule has 0 aliphatic carbocycles. The van der Waals surface area contributed by atoms with Crippen LogP contribution in [0.3, 0.4) is 0 Å². The van der Waals surface area contributed by atoms with Gasteiger partial charge in [0, 0.05) is 34.8 Å². The van der Waals surface area contributed by atoms with Crippen molar-refractivity contribution in [2.24, 2.45) is 0 Å². The van der Waals surface area contributed by atoms with E-state index in [0.29, 0.717) is 0 Å². The molecule has 4 nitrogen and oxygen atoms in total. The van der Waals surface area contributed by atoms with Gasteiger partial charge in [-0.25, -0.2) is 0 Å². The van der Waals surface area contributed by atoms with Crippen LogP contribution in [-0.4, -0.2) is 12.9 Å². The van der Waals surface area contributed by atoms with Gasteiger partial charge in [0.15, 0.2) is 6.29 Å². The largest absolute Gasteiger partial charge is 0.465 e. The van der Waals surface area contributed by atoms with Gasteiger partial charge in [0.2, 0.25) is 0 Å². The SMILES string of the molecule is C=C(C)Nc1ccc(C2=CC(c3ccc(OC4CCCCO4)c(C)c3)=CC(=C)N2)c(C)c1. The van der Waals surface area contributed by atoms with Crippen LogP contribution < -0.4 is 15.4 Å². The molecule has 1 atom stereocenters. The third-order valence-corrected chi connectivity index (χ3v) is 5.70. The first-order valence-corrected chi connectivity index (χ1v) is 11.2. The van der Waals surface area contributed by atoms with Gasteiger partial charge in [-0.3, -0.25) is 0 Å². The van der Waals surface area contributed by atoms with Gasteiger partial charge in [-0.05, 0) is 92.3 Å². The molecule has 4 heteroatoms. The molecule has 1 unspecified atom stereocenters. The number of anilines is 1. The van der Waals surface area contributed by atoms with Gasteiger partial charge < -0.3 is 20.1 Å². The Morgan fingerprint density at radius 3 is 2.62 bits per heavy atom. The molecule has 0 aromatic heterocycles. The van der Waals surface area contributed by atoms with Crippen molar-refractivity contribution in [2.75, 3.05) is 11.9 Å². The van der Waals surface area contributed by atoms with Crippen LogP contribution in [0.5, 0.6) is 5.75 Å². The molecule has 2 aromatic rings. The first kappa shape index (κ1) is 22.0. The van der Waals surface area contributed by atoms with Crippen molar-refractivity contribution >= 4 is 17.0 Å². The Morgan fingerprint density at radius 2 is 1.94 bits per heavy atom. The molecule has 0 saturated carbocycles. The summed E-state index contributed by atoms with van der Waals surface area (Å²) in [6.07, 6.45) is 7.34. The topological polar surface area (TPSA) is 42.5 Å². The molecule has 1 fully saturated rings. The molecular formula is C28H32N2O2. The van der Waals surface area contributed by atoms with Crippen molar-refractivity contribution in [3.63, 3.8) is 0 Å². The fourth-order valence-electron chi connectivity index (χ4n) is 4.14. The second-order valence-electron chi connectivity index (χ2n) is 8.64. The van der Waals surface area contributed by atoms with Crippen LogP contribution in [0.2, 0.25) is 0 Å². The Kier molecular flexibility index (Phi) is 6.52. The summed E-state index contributed by atoms with van der Waals surface area (Å²) in [6.45, 7) is 15.0. The summed E-state index contributed by atoms with van der Waals surface area (Å²) in [5, 5.41) is 6.70. The molecule has 2 aliphatic heterocycles. The number of benzene rings is 2. The van der Waals surface area contributed by atoms with E-state index in [1.165, 1.54) is 5.56 Å². The average Bonchev–Trinajstić information content (AvgIpc) is 2.75. The summed E-state index contributed by atoms with van der Waals surface area (Å²) in [7, 11) is 0. The van der Waals surface area contributed by atoms with Crippen LogP contribution in [0.25, 0.3) is 11.3 Å². The molecule has 166 valence electrons. The molecule has 1 saturated heterocycles. The molecule has 0 radical (unpaired) electrons. The molecule has 2 heterocycles. The highest BCUT2D eigenvalue weighted by atomic mass is 16.7. The number of rotatable bonds is 6. The number of nitrogens with one attached hydrogen (secondary N) is 2. The molecule has 2 aromatic carbocycles. The standard InChI is InChI=1S/C28H32N2O2/c1-18(2)29-24-10-11-25(19(3)15-24)26-17-23(16-21(5)30-26)22-9-12-27(20(4)14-22)32-28-8-6-7-13-31-28/h9-12,14-17,28-30H,1,5-8,13H2,2-4H3. The van der Waals surface area contributed by atoms with Gasteiger partial charge >= 0.3 is 0 Å². The normalized spacial score (nSPS) is 18.3. The zero-order valence-electron chi connectivity index (χ0n) is 19.3. The van der Waals surface area contributed by atoms with E-state index in [1.54, 1.807) is 0 Å². The second kappa shape index (κ2) is 9.49. The van der Waals surface area contributed by atoms with E-state index in [2.05, 4.69) is 80.1 Å². The Hall–Kier alpha value is -3.24. The minimum Gasteiger partial charge on any atom is -0.465 e. The first-order valence-electron chi connectivity index (χ1n) is 11.2. The molecule has 2 N–H and O–H groups in total. The Morgan fingerprint density at radius 1 is 1.09 bits per heavy atom. The third kappa shape index (κ3) is 5.14. The highest BCUT2D eigenvalue weighted by molar-refractivity contribution is 5.88. The minimum atomic E-state index is -0.136. The number of ether oxygens (including phenoxy) is 2. The number of dihydropyridines is 1. The monoisotopic (exact) mass is 428 g/mol. The lowest BCUT2D eigenvalue weighted by molar-refractivity contribution is -0.106. The van der Waals surface area contributed by atoms with Crippen LogP contribution in [0.1, 0.15) is 48.4 Å². The molecular weight excluding hydrogens is 396 g/mol. The summed E-state index contributed by atoms with van der Waals surface area (Å²) in [4.78, 5) is 0. The highest BCUT2D eigenvalue weighted by Gasteiger charge is 2.17. The Balaban J connectivity index is 1.58. The summed E-state index contributed by atoms with van der Waals surface area (Å²) in [5.74, 6) is 0.884. The first-order chi connectivity index (χ1) is 15.4. The summed E-state index contributed by atoms with van der Waals surface area (Å²) in [6, 6.07) is 12.7. The van der Waals surface area contributed by atoms with Gasteiger partial charge in [0.05, 0.1) is 6.61 Å². The predicted octanol–water partition coefficient (Wildman–Crippen LogP) is 6.70. The maximum atomic E-state index is 6.10. The van der Waals surface area contributed by atoms with E-state index in [-0.39, 0.29) is 6.29 Å². The average molecular weight is 429 g/mol. The van der Waals surface area contributed by atoms with Gasteiger partial charge in [-0.1, -0.05) is 25.3 Å². The maximum Gasteiger partial charge on any atom is 0.199 e. The van der Waals surface area contributed by atoms with E-state index in [9.17, 15) is 0 Å².